The number of carbonyl (C=O) groups excluding carboxylic acids is 2. The van der Waals surface area contributed by atoms with Crippen LogP contribution in [0.15, 0.2) is 18.2 Å². The number of nitrogens with one attached hydrogen (secondary N) is 1. The third-order valence-electron chi connectivity index (χ3n) is 4.18. The third-order valence-corrected chi connectivity index (χ3v) is 5.83. The molecule has 0 spiro atoms. The topological polar surface area (TPSA) is 49.4 Å². The highest BCUT2D eigenvalue weighted by molar-refractivity contribution is 8.00. The van der Waals surface area contributed by atoms with Crippen LogP contribution >= 0.6 is 35.0 Å². The zero-order valence-corrected chi connectivity index (χ0v) is 16.0. The summed E-state index contributed by atoms with van der Waals surface area (Å²) < 4.78 is 0. The van der Waals surface area contributed by atoms with E-state index in [0.29, 0.717) is 27.5 Å². The molecular weight excluding hydrogens is 367 g/mol. The van der Waals surface area contributed by atoms with E-state index >= 15 is 0 Å². The Hall–Kier alpha value is -0.910. The lowest BCUT2D eigenvalue weighted by molar-refractivity contribution is -0.129. The summed E-state index contributed by atoms with van der Waals surface area (Å²) in [6.45, 7) is 0. The van der Waals surface area contributed by atoms with Gasteiger partial charge < -0.3 is 10.2 Å². The van der Waals surface area contributed by atoms with Crippen LogP contribution in [0.5, 0.6) is 0 Å². The monoisotopic (exact) mass is 388 g/mol. The summed E-state index contributed by atoms with van der Waals surface area (Å²) in [4.78, 5) is 26.0. The SMILES string of the molecule is CN(C(=O)CSCC(=O)Nc1ccc(Cl)c(Cl)c1)C1CCCCC1. The van der Waals surface area contributed by atoms with Crippen molar-refractivity contribution >= 4 is 52.5 Å². The molecule has 0 unspecified atom stereocenters. The number of carbonyl (C=O) groups is 2. The summed E-state index contributed by atoms with van der Waals surface area (Å²) in [6, 6.07) is 5.29. The molecule has 1 aliphatic carbocycles. The molecule has 0 saturated heterocycles. The van der Waals surface area contributed by atoms with Crippen LogP contribution < -0.4 is 5.32 Å². The first-order valence-electron chi connectivity index (χ1n) is 8.05. The van der Waals surface area contributed by atoms with Gasteiger partial charge >= 0.3 is 0 Å². The number of hydrogen-bond acceptors (Lipinski definition) is 3. The van der Waals surface area contributed by atoms with Crippen molar-refractivity contribution in [1.29, 1.82) is 0 Å². The van der Waals surface area contributed by atoms with Crippen molar-refractivity contribution in [2.45, 2.75) is 38.1 Å². The van der Waals surface area contributed by atoms with Crippen molar-refractivity contribution in [3.63, 3.8) is 0 Å². The Kier molecular flexibility index (Phi) is 7.72. The van der Waals surface area contributed by atoms with E-state index in [1.165, 1.54) is 31.0 Å². The lowest BCUT2D eigenvalue weighted by atomic mass is 9.94. The Morgan fingerprint density at radius 3 is 2.54 bits per heavy atom. The van der Waals surface area contributed by atoms with Gasteiger partial charge in [0.05, 0.1) is 21.6 Å². The zero-order chi connectivity index (χ0) is 17.5. The van der Waals surface area contributed by atoms with Gasteiger partial charge in [0.1, 0.15) is 0 Å². The second-order valence-corrected chi connectivity index (χ2v) is 7.77. The number of thioether (sulfide) groups is 1. The number of benzene rings is 1. The molecule has 4 nitrogen and oxygen atoms in total. The fourth-order valence-electron chi connectivity index (χ4n) is 2.78. The molecule has 0 radical (unpaired) electrons. The summed E-state index contributed by atoms with van der Waals surface area (Å²) in [7, 11) is 1.87. The van der Waals surface area contributed by atoms with Gasteiger partial charge in [-0.3, -0.25) is 9.59 Å². The quantitative estimate of drug-likeness (QED) is 0.782. The second-order valence-electron chi connectivity index (χ2n) is 5.97. The van der Waals surface area contributed by atoms with E-state index in [-0.39, 0.29) is 17.6 Å². The van der Waals surface area contributed by atoms with E-state index < -0.39 is 0 Å². The molecule has 0 bridgehead atoms. The van der Waals surface area contributed by atoms with Crippen molar-refractivity contribution in [3.05, 3.63) is 28.2 Å². The molecule has 24 heavy (non-hydrogen) atoms. The maximum atomic E-state index is 12.2. The Bertz CT molecular complexity index is 592. The molecular formula is C17H22Cl2N2O2S. The second kappa shape index (κ2) is 9.54. The number of nitrogens with zero attached hydrogens (tertiary/aromatic N) is 1. The minimum absolute atomic E-state index is 0.0919. The van der Waals surface area contributed by atoms with Crippen LogP contribution in [0.25, 0.3) is 0 Å². The van der Waals surface area contributed by atoms with Crippen LogP contribution in [-0.4, -0.2) is 41.3 Å². The van der Waals surface area contributed by atoms with Gasteiger partial charge in [0.25, 0.3) is 0 Å². The molecule has 1 fully saturated rings. The summed E-state index contributed by atoms with van der Waals surface area (Å²) in [5.74, 6) is 0.479. The van der Waals surface area contributed by atoms with Crippen LogP contribution in [0.1, 0.15) is 32.1 Å². The van der Waals surface area contributed by atoms with Crippen molar-refractivity contribution in [1.82, 2.24) is 4.90 Å². The highest BCUT2D eigenvalue weighted by atomic mass is 35.5. The third kappa shape index (κ3) is 5.87. The Balaban J connectivity index is 1.71. The van der Waals surface area contributed by atoms with Gasteiger partial charge in [-0.1, -0.05) is 42.5 Å². The van der Waals surface area contributed by atoms with E-state index in [9.17, 15) is 9.59 Å². The van der Waals surface area contributed by atoms with Gasteiger partial charge in [-0.05, 0) is 31.0 Å². The van der Waals surface area contributed by atoms with Gasteiger partial charge in [0.15, 0.2) is 0 Å². The van der Waals surface area contributed by atoms with Crippen LogP contribution in [0.2, 0.25) is 10.0 Å². The average Bonchev–Trinajstić information content (AvgIpc) is 2.58. The molecule has 1 N–H and O–H groups in total. The molecule has 0 atom stereocenters. The number of rotatable bonds is 6. The molecule has 0 aromatic heterocycles. The number of amides is 2. The Labute approximate surface area is 157 Å². The predicted octanol–water partition coefficient (Wildman–Crippen LogP) is 4.46. The first kappa shape index (κ1) is 19.4. The number of anilines is 1. The van der Waals surface area contributed by atoms with Crippen LogP contribution in [0, 0.1) is 0 Å². The summed E-state index contributed by atoms with van der Waals surface area (Å²) in [6.07, 6.45) is 5.83. The van der Waals surface area contributed by atoms with Gasteiger partial charge in [-0.15, -0.1) is 11.8 Å². The lowest BCUT2D eigenvalue weighted by Gasteiger charge is -2.31. The molecule has 0 aliphatic heterocycles. The van der Waals surface area contributed by atoms with Crippen molar-refractivity contribution < 1.29 is 9.59 Å². The van der Waals surface area contributed by atoms with E-state index in [2.05, 4.69) is 5.32 Å². The zero-order valence-electron chi connectivity index (χ0n) is 13.7. The highest BCUT2D eigenvalue weighted by Crippen LogP contribution is 2.25. The lowest BCUT2D eigenvalue weighted by Crippen LogP contribution is -2.39. The largest absolute Gasteiger partial charge is 0.342 e. The normalized spacial score (nSPS) is 15.1. The van der Waals surface area contributed by atoms with Gasteiger partial charge in [0, 0.05) is 18.8 Å². The first-order valence-corrected chi connectivity index (χ1v) is 9.96. The molecule has 2 rings (SSSR count). The van der Waals surface area contributed by atoms with E-state index in [1.807, 2.05) is 11.9 Å². The van der Waals surface area contributed by atoms with Crippen molar-refractivity contribution in [2.24, 2.45) is 0 Å². The van der Waals surface area contributed by atoms with Crippen molar-refractivity contribution in [3.8, 4) is 0 Å². The first-order chi connectivity index (χ1) is 11.5. The van der Waals surface area contributed by atoms with Crippen LogP contribution in [-0.2, 0) is 9.59 Å². The average molecular weight is 389 g/mol. The molecule has 1 aromatic rings. The summed E-state index contributed by atoms with van der Waals surface area (Å²) in [5, 5.41) is 3.59. The predicted molar refractivity (Wildman–Crippen MR) is 102 cm³/mol. The maximum absolute atomic E-state index is 12.2. The standard InChI is InChI=1S/C17H22Cl2N2O2S/c1-21(13-5-3-2-4-6-13)17(23)11-24-10-16(22)20-12-7-8-14(18)15(19)9-12/h7-9,13H,2-6,10-11H2,1H3,(H,20,22). The Morgan fingerprint density at radius 1 is 1.17 bits per heavy atom. The van der Waals surface area contributed by atoms with Crippen LogP contribution in [0.4, 0.5) is 5.69 Å². The van der Waals surface area contributed by atoms with Crippen molar-refractivity contribution in [2.75, 3.05) is 23.9 Å². The highest BCUT2D eigenvalue weighted by Gasteiger charge is 2.21. The van der Waals surface area contributed by atoms with Gasteiger partial charge in [0.2, 0.25) is 11.8 Å². The summed E-state index contributed by atoms with van der Waals surface area (Å²) in [5.41, 5.74) is 0.598. The maximum Gasteiger partial charge on any atom is 0.234 e. The number of hydrogen-bond donors (Lipinski definition) is 1. The fraction of sp³-hybridized carbons (Fsp3) is 0.529. The number of halogens is 2. The molecule has 132 valence electrons. The molecule has 1 aliphatic rings. The smallest absolute Gasteiger partial charge is 0.234 e. The molecule has 1 aromatic carbocycles. The minimum atomic E-state index is -0.161. The Morgan fingerprint density at radius 2 is 1.88 bits per heavy atom. The van der Waals surface area contributed by atoms with Gasteiger partial charge in [-0.25, -0.2) is 0 Å². The van der Waals surface area contributed by atoms with E-state index in [0.717, 1.165) is 12.8 Å². The fourth-order valence-corrected chi connectivity index (χ4v) is 3.81. The van der Waals surface area contributed by atoms with E-state index in [1.54, 1.807) is 18.2 Å². The molecule has 1 saturated carbocycles. The molecule has 2 amide bonds. The van der Waals surface area contributed by atoms with Gasteiger partial charge in [-0.2, -0.15) is 0 Å². The summed E-state index contributed by atoms with van der Waals surface area (Å²) >= 11 is 13.1. The molecule has 0 heterocycles. The minimum Gasteiger partial charge on any atom is -0.342 e. The molecule has 7 heteroatoms. The van der Waals surface area contributed by atoms with Crippen LogP contribution in [0.3, 0.4) is 0 Å². The van der Waals surface area contributed by atoms with E-state index in [4.69, 9.17) is 23.2 Å².